The second kappa shape index (κ2) is 9.61. The second-order valence-electron chi connectivity index (χ2n) is 5.36. The summed E-state index contributed by atoms with van der Waals surface area (Å²) in [5, 5.41) is 6.15. The van der Waals surface area contributed by atoms with Gasteiger partial charge in [-0.25, -0.2) is 4.79 Å². The van der Waals surface area contributed by atoms with E-state index in [1.54, 1.807) is 0 Å². The molecule has 1 aliphatic heterocycles. The van der Waals surface area contributed by atoms with Crippen LogP contribution >= 0.6 is 0 Å². The Morgan fingerprint density at radius 3 is 2.47 bits per heavy atom. The zero-order valence-electron chi connectivity index (χ0n) is 12.3. The van der Waals surface area contributed by atoms with E-state index in [0.717, 1.165) is 13.0 Å². The van der Waals surface area contributed by atoms with Crippen LogP contribution in [0.1, 0.15) is 40.0 Å². The topological polar surface area (TPSA) is 76.7 Å². The van der Waals surface area contributed by atoms with Gasteiger partial charge in [-0.05, 0) is 40.2 Å². The Hall–Kier alpha value is -1.30. The predicted molar refractivity (Wildman–Crippen MR) is 73.0 cm³/mol. The summed E-state index contributed by atoms with van der Waals surface area (Å²) in [5.74, 6) is 0. The largest absolute Gasteiger partial charge is 0.471 e. The Balaban J connectivity index is 0.000000711. The first kappa shape index (κ1) is 17.7. The van der Waals surface area contributed by atoms with Crippen molar-refractivity contribution in [2.45, 2.75) is 51.7 Å². The molecule has 0 aromatic carbocycles. The molecule has 0 unspecified atom stereocenters. The number of amides is 1. The summed E-state index contributed by atoms with van der Waals surface area (Å²) in [7, 11) is 1.31. The standard InChI is InChI=1S/C11H22N2O2.C2H4O2/c1-11(2,3)15-10(14)13-8-9-6-4-5-7-12-9;1-4-2-3/h9,12H,4-8H2,1-3H3,(H,13,14);2H,1H3/t9-;/m1./s1. The molecule has 0 saturated carbocycles. The van der Waals surface area contributed by atoms with Crippen LogP contribution < -0.4 is 10.6 Å². The Morgan fingerprint density at radius 1 is 1.42 bits per heavy atom. The van der Waals surface area contributed by atoms with Gasteiger partial charge in [-0.3, -0.25) is 4.79 Å². The molecule has 1 fully saturated rings. The SMILES string of the molecule is CC(C)(C)OC(=O)NC[C@H]1CCCCN1.COC=O. The zero-order chi connectivity index (χ0) is 14.7. The quantitative estimate of drug-likeness (QED) is 0.762. The van der Waals surface area contributed by atoms with Crippen LogP contribution in [-0.4, -0.2) is 44.4 Å². The summed E-state index contributed by atoms with van der Waals surface area (Å²) >= 11 is 0. The van der Waals surface area contributed by atoms with Crippen molar-refractivity contribution in [3.05, 3.63) is 0 Å². The van der Waals surface area contributed by atoms with Gasteiger partial charge in [0.1, 0.15) is 5.60 Å². The van der Waals surface area contributed by atoms with Gasteiger partial charge in [0.15, 0.2) is 0 Å². The molecule has 1 rings (SSSR count). The van der Waals surface area contributed by atoms with Gasteiger partial charge in [0.05, 0.1) is 7.11 Å². The van der Waals surface area contributed by atoms with E-state index >= 15 is 0 Å². The third kappa shape index (κ3) is 11.5. The number of carbonyl (C=O) groups excluding carboxylic acids is 2. The maximum Gasteiger partial charge on any atom is 0.407 e. The second-order valence-corrected chi connectivity index (χ2v) is 5.36. The van der Waals surface area contributed by atoms with E-state index in [-0.39, 0.29) is 6.09 Å². The fourth-order valence-electron chi connectivity index (χ4n) is 1.62. The zero-order valence-corrected chi connectivity index (χ0v) is 12.3. The Bertz CT molecular complexity index is 258. The van der Waals surface area contributed by atoms with E-state index in [1.807, 2.05) is 20.8 Å². The van der Waals surface area contributed by atoms with Gasteiger partial charge < -0.3 is 20.1 Å². The van der Waals surface area contributed by atoms with Gasteiger partial charge in [-0.2, -0.15) is 0 Å². The van der Waals surface area contributed by atoms with Crippen molar-refractivity contribution in [1.29, 1.82) is 0 Å². The van der Waals surface area contributed by atoms with Crippen LogP contribution in [0.25, 0.3) is 0 Å². The van der Waals surface area contributed by atoms with E-state index in [2.05, 4.69) is 15.4 Å². The molecule has 0 radical (unpaired) electrons. The van der Waals surface area contributed by atoms with Gasteiger partial charge in [0.2, 0.25) is 0 Å². The average molecular weight is 274 g/mol. The molecule has 1 heterocycles. The Kier molecular flexibility index (Phi) is 8.95. The number of piperidine rings is 1. The number of ether oxygens (including phenoxy) is 2. The fourth-order valence-corrected chi connectivity index (χ4v) is 1.62. The predicted octanol–water partition coefficient (Wildman–Crippen LogP) is 1.44. The fraction of sp³-hybridized carbons (Fsp3) is 0.846. The van der Waals surface area contributed by atoms with Crippen molar-refractivity contribution in [2.75, 3.05) is 20.2 Å². The molecule has 1 saturated heterocycles. The molecule has 112 valence electrons. The van der Waals surface area contributed by atoms with Crippen LogP contribution in [-0.2, 0) is 14.3 Å². The molecule has 0 aliphatic carbocycles. The lowest BCUT2D eigenvalue weighted by molar-refractivity contribution is -0.126. The molecule has 6 heteroatoms. The minimum absolute atomic E-state index is 0.324. The first-order chi connectivity index (χ1) is 8.89. The third-order valence-electron chi connectivity index (χ3n) is 2.40. The highest BCUT2D eigenvalue weighted by atomic mass is 16.6. The van der Waals surface area contributed by atoms with E-state index in [0.29, 0.717) is 19.1 Å². The summed E-state index contributed by atoms with van der Waals surface area (Å²) in [4.78, 5) is 20.3. The summed E-state index contributed by atoms with van der Waals surface area (Å²) in [6, 6.07) is 0.409. The molecule has 19 heavy (non-hydrogen) atoms. The van der Waals surface area contributed by atoms with Crippen molar-refractivity contribution < 1.29 is 19.1 Å². The molecule has 0 spiro atoms. The Labute approximate surface area is 115 Å². The van der Waals surface area contributed by atoms with Crippen molar-refractivity contribution in [3.8, 4) is 0 Å². The monoisotopic (exact) mass is 274 g/mol. The van der Waals surface area contributed by atoms with Crippen LogP contribution in [0.5, 0.6) is 0 Å². The molecule has 0 aromatic rings. The highest BCUT2D eigenvalue weighted by Gasteiger charge is 2.18. The number of rotatable bonds is 3. The van der Waals surface area contributed by atoms with Crippen molar-refractivity contribution in [2.24, 2.45) is 0 Å². The Morgan fingerprint density at radius 2 is 2.05 bits per heavy atom. The van der Waals surface area contributed by atoms with E-state index in [4.69, 9.17) is 9.53 Å². The lowest BCUT2D eigenvalue weighted by atomic mass is 10.1. The van der Waals surface area contributed by atoms with E-state index in [1.165, 1.54) is 20.0 Å². The van der Waals surface area contributed by atoms with Gasteiger partial charge in [0, 0.05) is 12.6 Å². The first-order valence-corrected chi connectivity index (χ1v) is 6.55. The summed E-state index contributed by atoms with van der Waals surface area (Å²) in [5.41, 5.74) is -0.413. The number of hydrogen-bond donors (Lipinski definition) is 2. The molecular formula is C13H26N2O4. The van der Waals surface area contributed by atoms with Crippen LogP contribution in [0.2, 0.25) is 0 Å². The highest BCUT2D eigenvalue weighted by Crippen LogP contribution is 2.08. The molecule has 2 N–H and O–H groups in total. The number of methoxy groups -OCH3 is 1. The van der Waals surface area contributed by atoms with Crippen molar-refractivity contribution in [1.82, 2.24) is 10.6 Å². The smallest absolute Gasteiger partial charge is 0.407 e. The van der Waals surface area contributed by atoms with Crippen molar-refractivity contribution >= 4 is 12.6 Å². The van der Waals surface area contributed by atoms with E-state index in [9.17, 15) is 4.79 Å². The number of carbonyl (C=O) groups is 2. The van der Waals surface area contributed by atoms with Gasteiger partial charge in [-0.1, -0.05) is 6.42 Å². The molecular weight excluding hydrogens is 248 g/mol. The molecule has 0 bridgehead atoms. The lowest BCUT2D eigenvalue weighted by Gasteiger charge is -2.25. The number of hydrogen-bond acceptors (Lipinski definition) is 5. The molecule has 0 aromatic heterocycles. The van der Waals surface area contributed by atoms with E-state index < -0.39 is 5.60 Å². The highest BCUT2D eigenvalue weighted by molar-refractivity contribution is 5.67. The summed E-state index contributed by atoms with van der Waals surface area (Å²) in [6.45, 7) is 7.69. The normalized spacial score (nSPS) is 18.6. The minimum Gasteiger partial charge on any atom is -0.471 e. The van der Waals surface area contributed by atoms with Crippen LogP contribution in [0, 0.1) is 0 Å². The molecule has 1 atom stereocenters. The molecule has 6 nitrogen and oxygen atoms in total. The first-order valence-electron chi connectivity index (χ1n) is 6.55. The number of alkyl carbamates (subject to hydrolysis) is 1. The van der Waals surface area contributed by atoms with Crippen molar-refractivity contribution in [3.63, 3.8) is 0 Å². The van der Waals surface area contributed by atoms with Gasteiger partial charge in [-0.15, -0.1) is 0 Å². The minimum atomic E-state index is -0.413. The van der Waals surface area contributed by atoms with Gasteiger partial charge in [0.25, 0.3) is 6.47 Å². The third-order valence-corrected chi connectivity index (χ3v) is 2.40. The number of nitrogens with one attached hydrogen (secondary N) is 2. The van der Waals surface area contributed by atoms with Crippen LogP contribution in [0.4, 0.5) is 4.79 Å². The summed E-state index contributed by atoms with van der Waals surface area (Å²) in [6.07, 6.45) is 3.29. The average Bonchev–Trinajstić information content (AvgIpc) is 2.36. The summed E-state index contributed by atoms with van der Waals surface area (Å²) < 4.78 is 9.01. The maximum atomic E-state index is 11.3. The maximum absolute atomic E-state index is 11.3. The van der Waals surface area contributed by atoms with Gasteiger partial charge >= 0.3 is 6.09 Å². The lowest BCUT2D eigenvalue weighted by Crippen LogP contribution is -2.44. The molecule has 1 aliphatic rings. The van der Waals surface area contributed by atoms with Crippen LogP contribution in [0.3, 0.4) is 0 Å². The molecule has 1 amide bonds. The van der Waals surface area contributed by atoms with Crippen LogP contribution in [0.15, 0.2) is 0 Å².